The number of imide groups is 1. The van der Waals surface area contributed by atoms with Crippen molar-refractivity contribution < 1.29 is 14.4 Å². The summed E-state index contributed by atoms with van der Waals surface area (Å²) in [5.74, 6) is -1.27. The molecular formula is C26H15N3O3. The molecule has 6 heteroatoms. The van der Waals surface area contributed by atoms with Crippen LogP contribution in [0.3, 0.4) is 0 Å². The molecule has 0 radical (unpaired) electrons. The molecule has 0 bridgehead atoms. The molecule has 1 aliphatic rings. The van der Waals surface area contributed by atoms with E-state index in [-0.39, 0.29) is 28.5 Å². The van der Waals surface area contributed by atoms with Crippen molar-refractivity contribution in [2.45, 2.75) is 0 Å². The molecule has 0 spiro atoms. The molecule has 3 aromatic carbocycles. The minimum Gasteiger partial charge on any atom is -0.287 e. The number of amides is 2. The van der Waals surface area contributed by atoms with E-state index in [9.17, 15) is 14.4 Å². The average Bonchev–Trinajstić information content (AvgIpc) is 2.85. The van der Waals surface area contributed by atoms with Crippen molar-refractivity contribution in [3.63, 3.8) is 0 Å². The fourth-order valence-corrected chi connectivity index (χ4v) is 4.60. The van der Waals surface area contributed by atoms with Gasteiger partial charge in [-0.1, -0.05) is 36.4 Å². The number of para-hydroxylation sites is 1. The van der Waals surface area contributed by atoms with Gasteiger partial charge in [-0.15, -0.1) is 0 Å². The van der Waals surface area contributed by atoms with E-state index in [1.165, 1.54) is 7.05 Å². The number of hydrogen-bond donors (Lipinski definition) is 0. The summed E-state index contributed by atoms with van der Waals surface area (Å²) in [6.07, 6.45) is 3.18. The Bertz CT molecular complexity index is 1640. The van der Waals surface area contributed by atoms with Crippen molar-refractivity contribution in [3.8, 4) is 0 Å². The molecule has 0 saturated heterocycles. The highest BCUT2D eigenvalue weighted by Gasteiger charge is 2.36. The summed E-state index contributed by atoms with van der Waals surface area (Å²) in [5.41, 5.74) is 1.83. The van der Waals surface area contributed by atoms with Gasteiger partial charge in [0.2, 0.25) is 5.78 Å². The number of hydrogen-bond acceptors (Lipinski definition) is 5. The topological polar surface area (TPSA) is 80.2 Å². The SMILES string of the molecule is CN1C(=O)c2cccc3c2c(c(C(=O)c2ccccn2)c2cnc4ccccc4c23)C1=O. The second-order valence-corrected chi connectivity index (χ2v) is 7.76. The lowest BCUT2D eigenvalue weighted by atomic mass is 9.84. The molecule has 0 unspecified atom stereocenters. The van der Waals surface area contributed by atoms with Crippen molar-refractivity contribution in [1.29, 1.82) is 0 Å². The number of carbonyl (C=O) groups excluding carboxylic acids is 3. The van der Waals surface area contributed by atoms with Crippen molar-refractivity contribution in [1.82, 2.24) is 14.9 Å². The Hall–Kier alpha value is -4.45. The first-order valence-corrected chi connectivity index (χ1v) is 10.1. The summed E-state index contributed by atoms with van der Waals surface area (Å²) >= 11 is 0. The smallest absolute Gasteiger partial charge is 0.261 e. The van der Waals surface area contributed by atoms with Gasteiger partial charge in [-0.3, -0.25) is 29.3 Å². The minimum atomic E-state index is -0.506. The summed E-state index contributed by atoms with van der Waals surface area (Å²) in [6, 6.07) is 18.1. The van der Waals surface area contributed by atoms with Crippen molar-refractivity contribution in [2.75, 3.05) is 7.05 Å². The number of carbonyl (C=O) groups is 3. The number of aromatic nitrogens is 2. The summed E-state index contributed by atoms with van der Waals surface area (Å²) in [5, 5.41) is 3.46. The maximum Gasteiger partial charge on any atom is 0.261 e. The van der Waals surface area contributed by atoms with Gasteiger partial charge in [0.1, 0.15) is 5.69 Å². The lowest BCUT2D eigenvalue weighted by Crippen LogP contribution is -2.38. The molecule has 32 heavy (non-hydrogen) atoms. The molecule has 3 heterocycles. The normalized spacial score (nSPS) is 13.3. The lowest BCUT2D eigenvalue weighted by Gasteiger charge is -2.27. The van der Waals surface area contributed by atoms with Crippen LogP contribution >= 0.6 is 0 Å². The fourth-order valence-electron chi connectivity index (χ4n) is 4.60. The Morgan fingerprint density at radius 2 is 1.56 bits per heavy atom. The van der Waals surface area contributed by atoms with Crippen LogP contribution in [0.2, 0.25) is 0 Å². The standard InChI is InChI=1S/C26H15N3O3/c1-29-25(31)16-9-6-8-15-20-14-7-2-3-10-18(14)28-13-17(20)22(23(21(15)16)26(29)32)24(30)19-11-4-5-12-27-19/h2-13H,1H3. The summed E-state index contributed by atoms with van der Waals surface area (Å²) in [4.78, 5) is 49.9. The average molecular weight is 417 g/mol. The zero-order chi connectivity index (χ0) is 22.0. The molecule has 152 valence electrons. The molecular weight excluding hydrogens is 402 g/mol. The van der Waals surface area contributed by atoms with Gasteiger partial charge >= 0.3 is 0 Å². The van der Waals surface area contributed by atoms with Gasteiger partial charge in [-0.25, -0.2) is 0 Å². The predicted molar refractivity (Wildman–Crippen MR) is 121 cm³/mol. The predicted octanol–water partition coefficient (Wildman–Crippen LogP) is 4.39. The molecule has 2 amide bonds. The molecule has 2 aromatic heterocycles. The minimum absolute atomic E-state index is 0.220. The van der Waals surface area contributed by atoms with Crippen LogP contribution in [0.25, 0.3) is 32.4 Å². The molecule has 6 nitrogen and oxygen atoms in total. The Morgan fingerprint density at radius 1 is 0.781 bits per heavy atom. The van der Waals surface area contributed by atoms with Gasteiger partial charge in [-0.2, -0.15) is 0 Å². The molecule has 0 N–H and O–H groups in total. The highest BCUT2D eigenvalue weighted by molar-refractivity contribution is 6.37. The zero-order valence-corrected chi connectivity index (χ0v) is 17.0. The number of nitrogens with zero attached hydrogens (tertiary/aromatic N) is 3. The molecule has 0 fully saturated rings. The van der Waals surface area contributed by atoms with Gasteiger partial charge in [0, 0.05) is 52.1 Å². The Kier molecular flexibility index (Phi) is 3.74. The largest absolute Gasteiger partial charge is 0.287 e. The van der Waals surface area contributed by atoms with Gasteiger partial charge in [0.05, 0.1) is 11.1 Å². The highest BCUT2D eigenvalue weighted by Crippen LogP contribution is 2.41. The van der Waals surface area contributed by atoms with Crippen LogP contribution in [0.4, 0.5) is 0 Å². The van der Waals surface area contributed by atoms with Crippen LogP contribution in [-0.4, -0.2) is 39.5 Å². The number of rotatable bonds is 2. The van der Waals surface area contributed by atoms with E-state index < -0.39 is 5.91 Å². The quantitative estimate of drug-likeness (QED) is 0.242. The lowest BCUT2D eigenvalue weighted by molar-refractivity contribution is 0.0648. The van der Waals surface area contributed by atoms with Crippen molar-refractivity contribution >= 4 is 50.0 Å². The van der Waals surface area contributed by atoms with E-state index in [1.54, 1.807) is 42.7 Å². The molecule has 6 rings (SSSR count). The van der Waals surface area contributed by atoms with Crippen LogP contribution in [0.15, 0.2) is 73.1 Å². The van der Waals surface area contributed by atoms with E-state index in [0.717, 1.165) is 26.6 Å². The number of ketones is 1. The Balaban J connectivity index is 1.91. The van der Waals surface area contributed by atoms with Gasteiger partial charge in [0.25, 0.3) is 11.8 Å². The molecule has 0 atom stereocenters. The zero-order valence-electron chi connectivity index (χ0n) is 17.0. The molecule has 1 aliphatic heterocycles. The maximum absolute atomic E-state index is 13.7. The van der Waals surface area contributed by atoms with Crippen LogP contribution in [0.5, 0.6) is 0 Å². The first kappa shape index (κ1) is 18.3. The summed E-state index contributed by atoms with van der Waals surface area (Å²) in [6.45, 7) is 0. The monoisotopic (exact) mass is 417 g/mol. The highest BCUT2D eigenvalue weighted by atomic mass is 16.2. The summed E-state index contributed by atoms with van der Waals surface area (Å²) in [7, 11) is 1.43. The van der Waals surface area contributed by atoms with Crippen molar-refractivity contribution in [3.05, 3.63) is 95.4 Å². The molecule has 0 saturated carbocycles. The third kappa shape index (κ3) is 2.32. The van der Waals surface area contributed by atoms with Crippen LogP contribution < -0.4 is 0 Å². The first-order chi connectivity index (χ1) is 15.6. The van der Waals surface area contributed by atoms with Crippen LogP contribution in [-0.2, 0) is 0 Å². The second-order valence-electron chi connectivity index (χ2n) is 7.76. The third-order valence-corrected chi connectivity index (χ3v) is 6.06. The number of pyridine rings is 2. The van der Waals surface area contributed by atoms with Crippen molar-refractivity contribution in [2.24, 2.45) is 0 Å². The van der Waals surface area contributed by atoms with Crippen LogP contribution in [0.1, 0.15) is 36.8 Å². The maximum atomic E-state index is 13.7. The number of benzene rings is 3. The van der Waals surface area contributed by atoms with E-state index in [4.69, 9.17) is 0 Å². The van der Waals surface area contributed by atoms with E-state index >= 15 is 0 Å². The first-order valence-electron chi connectivity index (χ1n) is 10.1. The number of fused-ring (bicyclic) bond motifs is 4. The van der Waals surface area contributed by atoms with Crippen LogP contribution in [0, 0.1) is 0 Å². The van der Waals surface area contributed by atoms with Gasteiger partial charge in [-0.05, 0) is 29.7 Å². The molecule has 5 aromatic rings. The second kappa shape index (κ2) is 6.52. The summed E-state index contributed by atoms with van der Waals surface area (Å²) < 4.78 is 0. The Labute approximate surface area is 182 Å². The fraction of sp³-hybridized carbons (Fsp3) is 0.0385. The van der Waals surface area contributed by atoms with Gasteiger partial charge < -0.3 is 0 Å². The third-order valence-electron chi connectivity index (χ3n) is 6.06. The van der Waals surface area contributed by atoms with E-state index in [1.807, 2.05) is 30.3 Å². The Morgan fingerprint density at radius 3 is 2.38 bits per heavy atom. The van der Waals surface area contributed by atoms with Gasteiger partial charge in [0.15, 0.2) is 0 Å². The van der Waals surface area contributed by atoms with E-state index in [2.05, 4.69) is 9.97 Å². The van der Waals surface area contributed by atoms with E-state index in [0.29, 0.717) is 16.3 Å². The molecule has 0 aliphatic carbocycles.